The van der Waals surface area contributed by atoms with Crippen LogP contribution in [0.3, 0.4) is 0 Å². The van der Waals surface area contributed by atoms with Crippen LogP contribution in [0.4, 0.5) is 0 Å². The van der Waals surface area contributed by atoms with Gasteiger partial charge in [-0.3, -0.25) is 0 Å². The van der Waals surface area contributed by atoms with E-state index in [1.165, 1.54) is 0 Å². The van der Waals surface area contributed by atoms with Gasteiger partial charge in [0.15, 0.2) is 0 Å². The first kappa shape index (κ1) is 14.8. The predicted molar refractivity (Wildman–Crippen MR) is 97.5 cm³/mol. The van der Waals surface area contributed by atoms with Crippen molar-refractivity contribution in [1.82, 2.24) is 0 Å². The average molecular weight is 172 g/mol. The molecular formula is C2H18B12. The smallest absolute Gasteiger partial charge is 0.0835 e. The fraction of sp³-hybridized carbons (Fsp3) is 1.00. The van der Waals surface area contributed by atoms with Crippen LogP contribution in [0.2, 0.25) is 13.6 Å². The lowest BCUT2D eigenvalue weighted by atomic mass is 8.50. The van der Waals surface area contributed by atoms with Crippen LogP contribution in [0.1, 0.15) is 0 Å². The van der Waals surface area contributed by atoms with Gasteiger partial charge in [-0.1, -0.05) is 13.6 Å². The lowest BCUT2D eigenvalue weighted by Crippen LogP contribution is -2.71. The zero-order valence-corrected chi connectivity index (χ0v) is 11.5. The second kappa shape index (κ2) is 6.38. The van der Waals surface area contributed by atoms with Gasteiger partial charge in [-0.25, -0.2) is 0 Å². The summed E-state index contributed by atoms with van der Waals surface area (Å²) in [6, 6.07) is 0. The van der Waals surface area contributed by atoms with Crippen molar-refractivity contribution in [2.75, 3.05) is 0 Å². The molecular weight excluding hydrogens is 154 g/mol. The molecule has 0 radical (unpaired) electrons. The van der Waals surface area contributed by atoms with Crippen LogP contribution in [0, 0.1) is 0 Å². The van der Waals surface area contributed by atoms with Crippen molar-refractivity contribution in [2.24, 2.45) is 0 Å². The molecule has 0 fully saturated rings. The Morgan fingerprint density at radius 1 is 0.571 bits per heavy atom. The summed E-state index contributed by atoms with van der Waals surface area (Å²) in [5.41, 5.74) is 0. The molecule has 12 heteroatoms. The van der Waals surface area contributed by atoms with Crippen LogP contribution >= 0.6 is 0 Å². The SMILES string of the molecule is BB(B)B(B(B)B)B(B(B)B)B(C)C. The number of hydrogen-bond donors (Lipinski definition) is 0. The van der Waals surface area contributed by atoms with E-state index < -0.39 is 0 Å². The Bertz CT molecular complexity index is 116. The monoisotopic (exact) mass is 174 g/mol. The molecule has 0 aliphatic heterocycles. The highest BCUT2D eigenvalue weighted by Crippen LogP contribution is 2.00. The summed E-state index contributed by atoms with van der Waals surface area (Å²) in [7, 11) is 14.3. The van der Waals surface area contributed by atoms with Gasteiger partial charge in [-0.2, -0.15) is 0 Å². The average Bonchev–Trinajstić information content (AvgIpc) is 1.96. The molecule has 0 bridgehead atoms. The first-order valence-electron chi connectivity index (χ1n) is 6.29. The summed E-state index contributed by atoms with van der Waals surface area (Å²) in [4.78, 5) is 0. The van der Waals surface area contributed by atoms with E-state index in [1.807, 2.05) is 0 Å². The summed E-state index contributed by atoms with van der Waals surface area (Å²) in [6.07, 6.45) is 4.17. The Labute approximate surface area is 98.8 Å². The summed E-state index contributed by atoms with van der Waals surface area (Å²) >= 11 is 0. The standard InChI is InChI=1S/C2H18B12/c1-9(2)13(10(3)4)14(11(5)6)12(7)8/h3-8H2,1-2H3. The first-order chi connectivity index (χ1) is 6.29. The van der Waals surface area contributed by atoms with E-state index in [1.54, 1.807) is 0 Å². The highest BCUT2D eigenvalue weighted by Gasteiger charge is 2.37. The second-order valence-electron chi connectivity index (χ2n) is 6.13. The van der Waals surface area contributed by atoms with Gasteiger partial charge in [0, 0.05) is 31.9 Å². The van der Waals surface area contributed by atoms with Crippen molar-refractivity contribution < 1.29 is 0 Å². The Morgan fingerprint density at radius 3 is 0.929 bits per heavy atom. The predicted octanol–water partition coefficient (Wildman–Crippen LogP) is -6.61. The zero-order chi connectivity index (χ0) is 11.5. The molecule has 0 aromatic carbocycles. The van der Waals surface area contributed by atoms with Crippen LogP contribution in [-0.2, 0) is 0 Å². The minimum absolute atomic E-state index is 0.810. The summed E-state index contributed by atoms with van der Waals surface area (Å²) in [5, 5.41) is 0. The molecule has 0 saturated carbocycles. The van der Waals surface area contributed by atoms with Gasteiger partial charge < -0.3 is 0 Å². The largest absolute Gasteiger partial charge is 0.0937 e. The van der Waals surface area contributed by atoms with E-state index in [-0.39, 0.29) is 0 Å². The van der Waals surface area contributed by atoms with E-state index in [0.29, 0.717) is 0 Å². The lowest BCUT2D eigenvalue weighted by Gasteiger charge is -2.32. The molecule has 0 heterocycles. The van der Waals surface area contributed by atoms with Gasteiger partial charge in [0.2, 0.25) is 0 Å². The highest BCUT2D eigenvalue weighted by molar-refractivity contribution is 8.07. The maximum atomic E-state index is 2.38. The van der Waals surface area contributed by atoms with Gasteiger partial charge in [0.05, 0.1) is 53.0 Å². The topological polar surface area (TPSA) is 0 Å². The summed E-state index contributed by atoms with van der Waals surface area (Å²) in [5.74, 6) is 0. The van der Waals surface area contributed by atoms with Gasteiger partial charge in [-0.15, -0.1) is 0 Å². The van der Waals surface area contributed by atoms with E-state index in [0.717, 1.165) is 38.5 Å². The van der Waals surface area contributed by atoms with E-state index >= 15 is 0 Å². The number of hydrogen-bond acceptors (Lipinski definition) is 0. The second-order valence-corrected chi connectivity index (χ2v) is 6.13. The van der Waals surface area contributed by atoms with Crippen LogP contribution in [0.15, 0.2) is 0 Å². The maximum Gasteiger partial charge on any atom is 0.0835 e. The molecule has 0 aromatic rings. The van der Waals surface area contributed by atoms with Crippen molar-refractivity contribution in [3.8, 4) is 0 Å². The fourth-order valence-corrected chi connectivity index (χ4v) is 3.32. The molecule has 0 spiro atoms. The van der Waals surface area contributed by atoms with E-state index in [4.69, 9.17) is 0 Å². The molecule has 0 aliphatic carbocycles. The molecule has 0 aliphatic rings. The quantitative estimate of drug-likeness (QED) is 0.361. The Kier molecular flexibility index (Phi) is 6.74. The first-order valence-corrected chi connectivity index (χ1v) is 6.29. The molecule has 0 aromatic heterocycles. The molecule has 14 heavy (non-hydrogen) atoms. The van der Waals surface area contributed by atoms with Gasteiger partial charge in [0.1, 0.15) is 0 Å². The summed E-state index contributed by atoms with van der Waals surface area (Å²) in [6.45, 7) is 5.56. The highest BCUT2D eigenvalue weighted by atomic mass is 13.3. The van der Waals surface area contributed by atoms with Crippen molar-refractivity contribution in [3.63, 3.8) is 0 Å². The van der Waals surface area contributed by atoms with Crippen molar-refractivity contribution in [2.45, 2.75) is 13.6 Å². The Hall–Kier alpha value is 0.779. The zero-order valence-electron chi connectivity index (χ0n) is 11.5. The molecule has 0 N–H and O–H groups in total. The van der Waals surface area contributed by atoms with Gasteiger partial charge in [-0.05, 0) is 0 Å². The third-order valence-electron chi connectivity index (χ3n) is 3.52. The van der Waals surface area contributed by atoms with Gasteiger partial charge >= 0.3 is 0 Å². The fourth-order valence-electron chi connectivity index (χ4n) is 3.32. The molecule has 0 amide bonds. The third kappa shape index (κ3) is 4.11. The van der Waals surface area contributed by atoms with E-state index in [2.05, 4.69) is 60.1 Å². The van der Waals surface area contributed by atoms with E-state index in [9.17, 15) is 0 Å². The minimum Gasteiger partial charge on any atom is -0.0937 e. The van der Waals surface area contributed by atoms with Crippen molar-refractivity contribution in [1.29, 1.82) is 0 Å². The summed E-state index contributed by atoms with van der Waals surface area (Å²) < 4.78 is 0. The number of rotatable bonds is 5. The molecule has 0 unspecified atom stereocenters. The molecule has 0 rings (SSSR count). The Balaban J connectivity index is 4.74. The maximum absolute atomic E-state index is 2.38. The normalized spacial score (nSPS) is 9.00. The third-order valence-corrected chi connectivity index (χ3v) is 3.52. The molecule has 0 atom stereocenters. The van der Waals surface area contributed by atoms with Crippen LogP contribution in [-0.4, -0.2) is 85.0 Å². The molecule has 0 saturated heterocycles. The molecule has 0 nitrogen and oxygen atoms in total. The minimum atomic E-state index is 0.810. The van der Waals surface area contributed by atoms with Crippen LogP contribution < -0.4 is 0 Å². The van der Waals surface area contributed by atoms with Crippen LogP contribution in [0.5, 0.6) is 0 Å². The van der Waals surface area contributed by atoms with Crippen LogP contribution in [0.25, 0.3) is 0 Å². The van der Waals surface area contributed by atoms with Crippen molar-refractivity contribution >= 4 is 85.0 Å². The lowest BCUT2D eigenvalue weighted by molar-refractivity contribution is 2.09. The Morgan fingerprint density at radius 2 is 0.857 bits per heavy atom. The molecule has 62 valence electrons. The van der Waals surface area contributed by atoms with Crippen molar-refractivity contribution in [3.05, 3.63) is 0 Å². The van der Waals surface area contributed by atoms with Gasteiger partial charge in [0.25, 0.3) is 0 Å².